The summed E-state index contributed by atoms with van der Waals surface area (Å²) in [6, 6.07) is 10.8. The third kappa shape index (κ3) is 6.50. The number of halogens is 1. The Morgan fingerprint density at radius 2 is 1.45 bits per heavy atom. The number of benzene rings is 2. The van der Waals surface area contributed by atoms with E-state index in [1.807, 2.05) is 0 Å². The SMILES string of the molecule is CCN(CC)S(=O)(=O)c1ccc(CNC(=O)[C@H](C)NS(=O)(=O)c2ccc(Cl)cc2)cc1. The standard InChI is InChI=1S/C20H26ClN3O5S2/c1-4-24(5-2)31(28,29)19-10-6-16(7-11-19)14-22-20(25)15(3)23-30(26,27)18-12-8-17(21)9-13-18/h6-13,15,23H,4-5,14H2,1-3H3,(H,22,25)/t15-/m0/s1. The highest BCUT2D eigenvalue weighted by Crippen LogP contribution is 2.17. The Kier molecular flexibility index (Phi) is 8.61. The number of amides is 1. The molecule has 0 bridgehead atoms. The number of hydrogen-bond acceptors (Lipinski definition) is 5. The first kappa shape index (κ1) is 25.3. The van der Waals surface area contributed by atoms with Gasteiger partial charge in [-0.2, -0.15) is 9.03 Å². The van der Waals surface area contributed by atoms with E-state index in [1.165, 1.54) is 47.6 Å². The molecule has 0 saturated carbocycles. The van der Waals surface area contributed by atoms with Gasteiger partial charge in [-0.3, -0.25) is 4.79 Å². The minimum absolute atomic E-state index is 0.00144. The minimum Gasteiger partial charge on any atom is -0.351 e. The lowest BCUT2D eigenvalue weighted by Crippen LogP contribution is -2.44. The number of nitrogens with zero attached hydrogens (tertiary/aromatic N) is 1. The second-order valence-corrected chi connectivity index (χ2v) is 10.8. The van der Waals surface area contributed by atoms with E-state index in [2.05, 4.69) is 10.0 Å². The summed E-state index contributed by atoms with van der Waals surface area (Å²) in [5, 5.41) is 3.04. The summed E-state index contributed by atoms with van der Waals surface area (Å²) in [4.78, 5) is 12.5. The van der Waals surface area contributed by atoms with E-state index in [-0.39, 0.29) is 16.3 Å². The second kappa shape index (κ2) is 10.6. The highest BCUT2D eigenvalue weighted by molar-refractivity contribution is 7.89. The number of carbonyl (C=O) groups is 1. The third-order valence-corrected chi connectivity index (χ3v) is 8.46. The van der Waals surface area contributed by atoms with Crippen LogP contribution in [0.25, 0.3) is 0 Å². The molecule has 2 rings (SSSR count). The average molecular weight is 488 g/mol. The normalized spacial score (nSPS) is 13.2. The molecule has 1 atom stereocenters. The number of rotatable bonds is 10. The van der Waals surface area contributed by atoms with Crippen LogP contribution in [0.3, 0.4) is 0 Å². The molecule has 0 aliphatic rings. The predicted molar refractivity (Wildman–Crippen MR) is 120 cm³/mol. The van der Waals surface area contributed by atoms with Gasteiger partial charge in [0.25, 0.3) is 0 Å². The monoisotopic (exact) mass is 487 g/mol. The van der Waals surface area contributed by atoms with Crippen LogP contribution in [-0.4, -0.2) is 46.2 Å². The molecule has 0 heterocycles. The van der Waals surface area contributed by atoms with Gasteiger partial charge in [0.1, 0.15) is 0 Å². The molecule has 11 heteroatoms. The van der Waals surface area contributed by atoms with E-state index in [9.17, 15) is 21.6 Å². The Morgan fingerprint density at radius 1 is 0.935 bits per heavy atom. The van der Waals surface area contributed by atoms with Crippen LogP contribution in [0.2, 0.25) is 5.02 Å². The molecule has 0 saturated heterocycles. The maximum atomic E-state index is 12.5. The van der Waals surface area contributed by atoms with Gasteiger partial charge in [0.05, 0.1) is 15.8 Å². The molecule has 2 aromatic carbocycles. The molecule has 31 heavy (non-hydrogen) atoms. The Morgan fingerprint density at radius 3 is 1.97 bits per heavy atom. The number of hydrogen-bond donors (Lipinski definition) is 2. The van der Waals surface area contributed by atoms with Gasteiger partial charge in [-0.1, -0.05) is 37.6 Å². The second-order valence-electron chi connectivity index (χ2n) is 6.75. The van der Waals surface area contributed by atoms with Crippen molar-refractivity contribution in [1.29, 1.82) is 0 Å². The molecule has 0 radical (unpaired) electrons. The van der Waals surface area contributed by atoms with Crippen LogP contribution < -0.4 is 10.0 Å². The zero-order chi connectivity index (χ0) is 23.2. The van der Waals surface area contributed by atoms with E-state index in [1.54, 1.807) is 26.0 Å². The molecule has 8 nitrogen and oxygen atoms in total. The first-order valence-corrected chi connectivity index (χ1v) is 13.0. The fourth-order valence-corrected chi connectivity index (χ4v) is 5.59. The molecule has 170 valence electrons. The van der Waals surface area contributed by atoms with Crippen LogP contribution in [0.5, 0.6) is 0 Å². The van der Waals surface area contributed by atoms with Gasteiger partial charge in [-0.15, -0.1) is 0 Å². The zero-order valence-electron chi connectivity index (χ0n) is 17.5. The molecule has 0 aromatic heterocycles. The summed E-state index contributed by atoms with van der Waals surface area (Å²) < 4.78 is 53.4. The average Bonchev–Trinajstić information content (AvgIpc) is 2.73. The maximum Gasteiger partial charge on any atom is 0.243 e. The lowest BCUT2D eigenvalue weighted by atomic mass is 10.2. The smallest absolute Gasteiger partial charge is 0.243 e. The summed E-state index contributed by atoms with van der Waals surface area (Å²) in [6.45, 7) is 5.85. The summed E-state index contributed by atoms with van der Waals surface area (Å²) in [6.07, 6.45) is 0. The van der Waals surface area contributed by atoms with Crippen molar-refractivity contribution in [2.24, 2.45) is 0 Å². The molecule has 0 aliphatic carbocycles. The Labute approximate surface area is 188 Å². The molecule has 0 aliphatic heterocycles. The van der Waals surface area contributed by atoms with E-state index >= 15 is 0 Å². The predicted octanol–water partition coefficient (Wildman–Crippen LogP) is 2.35. The van der Waals surface area contributed by atoms with Crippen molar-refractivity contribution in [2.75, 3.05) is 13.1 Å². The highest BCUT2D eigenvalue weighted by Gasteiger charge is 2.23. The topological polar surface area (TPSA) is 113 Å². The third-order valence-electron chi connectivity index (χ3n) is 4.58. The summed E-state index contributed by atoms with van der Waals surface area (Å²) in [7, 11) is -7.43. The molecule has 2 aromatic rings. The Balaban J connectivity index is 1.98. The first-order chi connectivity index (χ1) is 14.5. The summed E-state index contributed by atoms with van der Waals surface area (Å²) in [5.41, 5.74) is 0.680. The zero-order valence-corrected chi connectivity index (χ0v) is 19.9. The fourth-order valence-electron chi connectivity index (χ4n) is 2.80. The number of carbonyl (C=O) groups excluding carboxylic acids is 1. The Bertz CT molecular complexity index is 1100. The summed E-state index contributed by atoms with van der Waals surface area (Å²) in [5.74, 6) is -0.516. The van der Waals surface area contributed by atoms with Crippen molar-refractivity contribution in [3.05, 3.63) is 59.1 Å². The fraction of sp³-hybridized carbons (Fsp3) is 0.350. The van der Waals surface area contributed by atoms with Crippen LogP contribution >= 0.6 is 11.6 Å². The molecule has 1 amide bonds. The lowest BCUT2D eigenvalue weighted by Gasteiger charge is -2.18. The van der Waals surface area contributed by atoms with E-state index in [0.717, 1.165) is 0 Å². The number of nitrogens with one attached hydrogen (secondary N) is 2. The van der Waals surface area contributed by atoms with Crippen molar-refractivity contribution in [1.82, 2.24) is 14.3 Å². The van der Waals surface area contributed by atoms with Gasteiger partial charge in [0.15, 0.2) is 0 Å². The molecule has 0 unspecified atom stereocenters. The quantitative estimate of drug-likeness (QED) is 0.534. The summed E-state index contributed by atoms with van der Waals surface area (Å²) >= 11 is 5.77. The molecular formula is C20H26ClN3O5S2. The van der Waals surface area contributed by atoms with Crippen LogP contribution in [0, 0.1) is 0 Å². The van der Waals surface area contributed by atoms with Crippen molar-refractivity contribution < 1.29 is 21.6 Å². The van der Waals surface area contributed by atoms with Crippen molar-refractivity contribution >= 4 is 37.6 Å². The van der Waals surface area contributed by atoms with Gasteiger partial charge < -0.3 is 5.32 Å². The minimum atomic E-state index is -3.88. The van der Waals surface area contributed by atoms with Crippen LogP contribution in [-0.2, 0) is 31.4 Å². The van der Waals surface area contributed by atoms with Crippen molar-refractivity contribution in [3.63, 3.8) is 0 Å². The lowest BCUT2D eigenvalue weighted by molar-refractivity contribution is -0.122. The maximum absolute atomic E-state index is 12.5. The van der Waals surface area contributed by atoms with Crippen molar-refractivity contribution in [3.8, 4) is 0 Å². The van der Waals surface area contributed by atoms with E-state index in [0.29, 0.717) is 23.7 Å². The van der Waals surface area contributed by atoms with Gasteiger partial charge in [0, 0.05) is 24.7 Å². The molecule has 2 N–H and O–H groups in total. The van der Waals surface area contributed by atoms with E-state index in [4.69, 9.17) is 11.6 Å². The van der Waals surface area contributed by atoms with Crippen molar-refractivity contribution in [2.45, 2.75) is 43.1 Å². The highest BCUT2D eigenvalue weighted by atomic mass is 35.5. The molecular weight excluding hydrogens is 462 g/mol. The Hall–Kier alpha value is -1.98. The van der Waals surface area contributed by atoms with Gasteiger partial charge >= 0.3 is 0 Å². The van der Waals surface area contributed by atoms with Gasteiger partial charge in [-0.05, 0) is 48.9 Å². The van der Waals surface area contributed by atoms with E-state index < -0.39 is 32.0 Å². The first-order valence-electron chi connectivity index (χ1n) is 9.66. The molecule has 0 spiro atoms. The van der Waals surface area contributed by atoms with Gasteiger partial charge in [0.2, 0.25) is 26.0 Å². The van der Waals surface area contributed by atoms with Crippen LogP contribution in [0.1, 0.15) is 26.3 Å². The van der Waals surface area contributed by atoms with Crippen LogP contribution in [0.15, 0.2) is 58.3 Å². The number of sulfonamides is 2. The van der Waals surface area contributed by atoms with Crippen LogP contribution in [0.4, 0.5) is 0 Å². The van der Waals surface area contributed by atoms with Gasteiger partial charge in [-0.25, -0.2) is 16.8 Å². The molecule has 0 fully saturated rings. The largest absolute Gasteiger partial charge is 0.351 e.